The number of halogens is 2. The standard InChI is InChI=1S/C15H17ClINO/c1-3-8-18-10(2)14-6-7-15(19-14)12-5-4-11(16)9-13(12)17/h4-7,9-10,18H,3,8H2,1-2H3. The zero-order valence-electron chi connectivity index (χ0n) is 11.0. The zero-order valence-corrected chi connectivity index (χ0v) is 14.0. The molecule has 0 spiro atoms. The second-order valence-electron chi connectivity index (χ2n) is 4.50. The minimum Gasteiger partial charge on any atom is -0.459 e. The quantitative estimate of drug-likeness (QED) is 0.705. The van der Waals surface area contributed by atoms with Gasteiger partial charge in [0.2, 0.25) is 0 Å². The van der Waals surface area contributed by atoms with E-state index < -0.39 is 0 Å². The van der Waals surface area contributed by atoms with Crippen LogP contribution in [0.5, 0.6) is 0 Å². The summed E-state index contributed by atoms with van der Waals surface area (Å²) in [5.74, 6) is 1.86. The Morgan fingerprint density at radius 2 is 2.11 bits per heavy atom. The van der Waals surface area contributed by atoms with E-state index >= 15 is 0 Å². The zero-order chi connectivity index (χ0) is 13.8. The van der Waals surface area contributed by atoms with Crippen LogP contribution in [0.15, 0.2) is 34.7 Å². The van der Waals surface area contributed by atoms with Gasteiger partial charge in [-0.1, -0.05) is 18.5 Å². The molecular formula is C15H17ClINO. The Bertz CT molecular complexity index is 553. The van der Waals surface area contributed by atoms with Crippen LogP contribution in [0, 0.1) is 3.57 Å². The van der Waals surface area contributed by atoms with E-state index in [2.05, 4.69) is 41.8 Å². The third-order valence-electron chi connectivity index (χ3n) is 2.95. The highest BCUT2D eigenvalue weighted by Gasteiger charge is 2.12. The highest BCUT2D eigenvalue weighted by molar-refractivity contribution is 14.1. The lowest BCUT2D eigenvalue weighted by Crippen LogP contribution is -2.18. The van der Waals surface area contributed by atoms with Gasteiger partial charge in [0.05, 0.1) is 6.04 Å². The Hall–Kier alpha value is -0.520. The van der Waals surface area contributed by atoms with Gasteiger partial charge < -0.3 is 9.73 Å². The number of rotatable bonds is 5. The van der Waals surface area contributed by atoms with Crippen molar-refractivity contribution in [1.82, 2.24) is 5.32 Å². The van der Waals surface area contributed by atoms with E-state index in [-0.39, 0.29) is 6.04 Å². The van der Waals surface area contributed by atoms with Crippen molar-refractivity contribution >= 4 is 34.2 Å². The molecule has 0 saturated carbocycles. The van der Waals surface area contributed by atoms with Gasteiger partial charge in [-0.15, -0.1) is 0 Å². The lowest BCUT2D eigenvalue weighted by molar-refractivity contribution is 0.438. The predicted molar refractivity (Wildman–Crippen MR) is 88.6 cm³/mol. The highest BCUT2D eigenvalue weighted by atomic mass is 127. The topological polar surface area (TPSA) is 25.2 Å². The van der Waals surface area contributed by atoms with Gasteiger partial charge >= 0.3 is 0 Å². The van der Waals surface area contributed by atoms with E-state index in [0.29, 0.717) is 0 Å². The first kappa shape index (κ1) is 14.9. The lowest BCUT2D eigenvalue weighted by atomic mass is 10.2. The normalized spacial score (nSPS) is 12.6. The molecule has 0 radical (unpaired) electrons. The largest absolute Gasteiger partial charge is 0.459 e. The monoisotopic (exact) mass is 389 g/mol. The van der Waals surface area contributed by atoms with Crippen LogP contribution in [0.4, 0.5) is 0 Å². The van der Waals surface area contributed by atoms with Gasteiger partial charge in [0.1, 0.15) is 11.5 Å². The Balaban J connectivity index is 2.20. The van der Waals surface area contributed by atoms with Crippen LogP contribution in [0.1, 0.15) is 32.1 Å². The molecule has 0 amide bonds. The van der Waals surface area contributed by atoms with E-state index in [9.17, 15) is 0 Å². The molecule has 2 rings (SSSR count). The summed E-state index contributed by atoms with van der Waals surface area (Å²) >= 11 is 8.25. The van der Waals surface area contributed by atoms with Crippen LogP contribution in [-0.4, -0.2) is 6.54 Å². The molecule has 0 aliphatic rings. The molecular weight excluding hydrogens is 373 g/mol. The molecule has 102 valence electrons. The van der Waals surface area contributed by atoms with E-state index in [0.717, 1.165) is 38.6 Å². The Kier molecular flexibility index (Phi) is 5.30. The molecule has 2 nitrogen and oxygen atoms in total. The third kappa shape index (κ3) is 3.74. The van der Waals surface area contributed by atoms with Crippen molar-refractivity contribution in [3.05, 3.63) is 44.7 Å². The van der Waals surface area contributed by atoms with Gasteiger partial charge in [-0.3, -0.25) is 0 Å². The molecule has 1 aromatic heterocycles. The Labute approximate surface area is 132 Å². The van der Waals surface area contributed by atoms with Crippen LogP contribution in [0.3, 0.4) is 0 Å². The van der Waals surface area contributed by atoms with Crippen molar-refractivity contribution in [3.63, 3.8) is 0 Å². The molecule has 1 aromatic carbocycles. The summed E-state index contributed by atoms with van der Waals surface area (Å²) in [5.41, 5.74) is 1.08. The van der Waals surface area contributed by atoms with Crippen molar-refractivity contribution in [2.45, 2.75) is 26.3 Å². The summed E-state index contributed by atoms with van der Waals surface area (Å²) in [7, 11) is 0. The number of hydrogen-bond donors (Lipinski definition) is 1. The van der Waals surface area contributed by atoms with E-state index in [1.54, 1.807) is 0 Å². The molecule has 1 atom stereocenters. The summed E-state index contributed by atoms with van der Waals surface area (Å²) in [5, 5.41) is 4.17. The lowest BCUT2D eigenvalue weighted by Gasteiger charge is -2.10. The maximum atomic E-state index is 5.97. The molecule has 0 saturated heterocycles. The van der Waals surface area contributed by atoms with Gasteiger partial charge in [-0.05, 0) is 72.8 Å². The summed E-state index contributed by atoms with van der Waals surface area (Å²) in [6, 6.07) is 10.1. The summed E-state index contributed by atoms with van der Waals surface area (Å²) < 4.78 is 7.04. The molecule has 0 bridgehead atoms. The van der Waals surface area contributed by atoms with Crippen LogP contribution < -0.4 is 5.32 Å². The van der Waals surface area contributed by atoms with Crippen LogP contribution in [0.2, 0.25) is 5.02 Å². The first-order chi connectivity index (χ1) is 9.11. The van der Waals surface area contributed by atoms with Crippen molar-refractivity contribution in [2.24, 2.45) is 0 Å². The fourth-order valence-electron chi connectivity index (χ4n) is 1.88. The Morgan fingerprint density at radius 3 is 2.79 bits per heavy atom. The summed E-state index contributed by atoms with van der Waals surface area (Å²) in [4.78, 5) is 0. The average Bonchev–Trinajstić information content (AvgIpc) is 2.85. The van der Waals surface area contributed by atoms with Crippen LogP contribution in [-0.2, 0) is 0 Å². The maximum absolute atomic E-state index is 5.97. The van der Waals surface area contributed by atoms with Crippen LogP contribution >= 0.6 is 34.2 Å². The molecule has 1 unspecified atom stereocenters. The third-order valence-corrected chi connectivity index (χ3v) is 4.08. The second kappa shape index (κ2) is 6.77. The SMILES string of the molecule is CCCNC(C)c1ccc(-c2ccc(Cl)cc2I)o1. The second-order valence-corrected chi connectivity index (χ2v) is 6.10. The van der Waals surface area contributed by atoms with Gasteiger partial charge in [0, 0.05) is 14.2 Å². The maximum Gasteiger partial charge on any atom is 0.135 e. The van der Waals surface area contributed by atoms with Crippen molar-refractivity contribution < 1.29 is 4.42 Å². The minimum absolute atomic E-state index is 0.235. The van der Waals surface area contributed by atoms with Crippen molar-refractivity contribution in [2.75, 3.05) is 6.54 Å². The van der Waals surface area contributed by atoms with Gasteiger partial charge in [-0.25, -0.2) is 0 Å². The fraction of sp³-hybridized carbons (Fsp3) is 0.333. The minimum atomic E-state index is 0.235. The summed E-state index contributed by atoms with van der Waals surface area (Å²) in [6.07, 6.45) is 1.12. The molecule has 0 fully saturated rings. The highest BCUT2D eigenvalue weighted by Crippen LogP contribution is 2.30. The van der Waals surface area contributed by atoms with E-state index in [4.69, 9.17) is 16.0 Å². The summed E-state index contributed by atoms with van der Waals surface area (Å²) in [6.45, 7) is 5.27. The molecule has 19 heavy (non-hydrogen) atoms. The van der Waals surface area contributed by atoms with Crippen LogP contribution in [0.25, 0.3) is 11.3 Å². The smallest absolute Gasteiger partial charge is 0.135 e. The number of hydrogen-bond acceptors (Lipinski definition) is 2. The van der Waals surface area contributed by atoms with Gasteiger partial charge in [0.15, 0.2) is 0 Å². The first-order valence-electron chi connectivity index (χ1n) is 6.40. The number of nitrogens with one attached hydrogen (secondary N) is 1. The molecule has 1 N–H and O–H groups in total. The molecule has 4 heteroatoms. The number of benzene rings is 1. The molecule has 0 aliphatic carbocycles. The fourth-order valence-corrected chi connectivity index (χ4v) is 3.02. The number of furan rings is 1. The molecule has 0 aliphatic heterocycles. The van der Waals surface area contributed by atoms with Gasteiger partial charge in [0.25, 0.3) is 0 Å². The predicted octanol–water partition coefficient (Wildman–Crippen LogP) is 5.27. The first-order valence-corrected chi connectivity index (χ1v) is 7.86. The van der Waals surface area contributed by atoms with Crippen molar-refractivity contribution in [1.29, 1.82) is 0 Å². The average molecular weight is 390 g/mol. The van der Waals surface area contributed by atoms with Gasteiger partial charge in [-0.2, -0.15) is 0 Å². The van der Waals surface area contributed by atoms with E-state index in [1.807, 2.05) is 30.3 Å². The van der Waals surface area contributed by atoms with E-state index in [1.165, 1.54) is 0 Å². The van der Waals surface area contributed by atoms with Crippen molar-refractivity contribution in [3.8, 4) is 11.3 Å². The molecule has 2 aromatic rings. The molecule has 1 heterocycles. The Morgan fingerprint density at radius 1 is 1.32 bits per heavy atom.